The number of ketones is 1. The first-order chi connectivity index (χ1) is 9.21. The second-order valence-corrected chi connectivity index (χ2v) is 6.29. The number of esters is 1. The monoisotopic (exact) mass is 294 g/mol. The molecule has 0 aromatic heterocycles. The quantitative estimate of drug-likeness (QED) is 0.581. The van der Waals surface area contributed by atoms with Crippen LogP contribution in [0.25, 0.3) is 0 Å². The molecule has 20 heavy (non-hydrogen) atoms. The molecule has 112 valence electrons. The molecule has 4 aliphatic rings. The molecule has 4 fully saturated rings. The molecular weight excluding hydrogens is 280 g/mol. The van der Waals surface area contributed by atoms with Crippen molar-refractivity contribution in [2.24, 2.45) is 23.2 Å². The van der Waals surface area contributed by atoms with Crippen molar-refractivity contribution >= 4 is 11.8 Å². The Hall–Kier alpha value is -1.14. The van der Waals surface area contributed by atoms with Crippen molar-refractivity contribution in [1.29, 1.82) is 0 Å². The maximum absolute atomic E-state index is 12.9. The number of halogens is 4. The number of carbonyl (C=O) groups excluding carboxylic acids is 2. The maximum Gasteiger partial charge on any atom is 0.457 e. The summed E-state index contributed by atoms with van der Waals surface area (Å²) < 4.78 is 53.3. The van der Waals surface area contributed by atoms with Crippen LogP contribution in [0.15, 0.2) is 0 Å². The first-order valence-corrected chi connectivity index (χ1v) is 6.67. The van der Waals surface area contributed by atoms with Gasteiger partial charge in [-0.2, -0.15) is 17.6 Å². The lowest BCUT2D eigenvalue weighted by Gasteiger charge is -2.53. The van der Waals surface area contributed by atoms with E-state index >= 15 is 0 Å². The van der Waals surface area contributed by atoms with Crippen LogP contribution < -0.4 is 0 Å². The first kappa shape index (κ1) is 13.8. The smallest absolute Gasteiger partial charge is 0.421 e. The zero-order valence-electron chi connectivity index (χ0n) is 10.6. The van der Waals surface area contributed by atoms with Gasteiger partial charge in [0.2, 0.25) is 0 Å². The zero-order valence-corrected chi connectivity index (χ0v) is 10.6. The van der Waals surface area contributed by atoms with E-state index in [1.54, 1.807) is 0 Å². The molecule has 0 aromatic carbocycles. The summed E-state index contributed by atoms with van der Waals surface area (Å²) in [7, 11) is 0. The summed E-state index contributed by atoms with van der Waals surface area (Å²) in [6, 6.07) is 0. The third-order valence-corrected chi connectivity index (χ3v) is 4.89. The molecule has 0 radical (unpaired) electrons. The summed E-state index contributed by atoms with van der Waals surface area (Å²) >= 11 is 0. The van der Waals surface area contributed by atoms with Crippen LogP contribution in [0.5, 0.6) is 0 Å². The molecule has 0 amide bonds. The van der Waals surface area contributed by atoms with Crippen molar-refractivity contribution in [3.8, 4) is 0 Å². The van der Waals surface area contributed by atoms with Crippen LogP contribution in [0.4, 0.5) is 17.6 Å². The Kier molecular flexibility index (Phi) is 2.89. The van der Waals surface area contributed by atoms with E-state index in [1.807, 2.05) is 0 Å². The Morgan fingerprint density at radius 1 is 1.20 bits per heavy atom. The maximum atomic E-state index is 12.9. The van der Waals surface area contributed by atoms with Crippen molar-refractivity contribution in [3.63, 3.8) is 0 Å². The predicted molar refractivity (Wildman–Crippen MR) is 58.0 cm³/mol. The van der Waals surface area contributed by atoms with Gasteiger partial charge in [0.1, 0.15) is 5.78 Å². The van der Waals surface area contributed by atoms with Gasteiger partial charge < -0.3 is 4.74 Å². The zero-order chi connectivity index (χ0) is 14.7. The largest absolute Gasteiger partial charge is 0.457 e. The molecule has 3 nitrogen and oxygen atoms in total. The Labute approximate surface area is 112 Å². The molecule has 0 N–H and O–H groups in total. The van der Waals surface area contributed by atoms with Gasteiger partial charge in [0.25, 0.3) is 0 Å². The fourth-order valence-corrected chi connectivity index (χ4v) is 4.28. The van der Waals surface area contributed by atoms with E-state index in [4.69, 9.17) is 0 Å². The Morgan fingerprint density at radius 3 is 2.25 bits per heavy atom. The van der Waals surface area contributed by atoms with E-state index in [-0.39, 0.29) is 36.4 Å². The Morgan fingerprint density at radius 2 is 1.75 bits per heavy atom. The molecule has 3 atom stereocenters. The standard InChI is InChI=1S/C13H14F4O3/c14-10(13(15,16)17)20-11(19)12-3-6-1-7(4-12)9(18)8(2-6)5-12/h6-8,10H,1-5H2. The van der Waals surface area contributed by atoms with E-state index in [9.17, 15) is 27.2 Å². The van der Waals surface area contributed by atoms with Crippen LogP contribution in [0, 0.1) is 23.2 Å². The minimum atomic E-state index is -5.20. The van der Waals surface area contributed by atoms with Crippen LogP contribution in [-0.4, -0.2) is 24.3 Å². The summed E-state index contributed by atoms with van der Waals surface area (Å²) in [4.78, 5) is 23.9. The molecule has 7 heteroatoms. The van der Waals surface area contributed by atoms with Gasteiger partial charge in [-0.25, -0.2) is 0 Å². The van der Waals surface area contributed by atoms with Crippen molar-refractivity contribution < 1.29 is 31.9 Å². The van der Waals surface area contributed by atoms with Crippen LogP contribution in [0.1, 0.15) is 32.1 Å². The Balaban J connectivity index is 1.77. The van der Waals surface area contributed by atoms with Crippen LogP contribution in [-0.2, 0) is 14.3 Å². The molecule has 0 saturated heterocycles. The van der Waals surface area contributed by atoms with E-state index in [0.29, 0.717) is 19.3 Å². The highest BCUT2D eigenvalue weighted by Crippen LogP contribution is 2.59. The van der Waals surface area contributed by atoms with Crippen LogP contribution in [0.3, 0.4) is 0 Å². The number of rotatable bonds is 2. The van der Waals surface area contributed by atoms with Crippen LogP contribution >= 0.6 is 0 Å². The van der Waals surface area contributed by atoms with Gasteiger partial charge in [-0.1, -0.05) is 0 Å². The topological polar surface area (TPSA) is 43.4 Å². The van der Waals surface area contributed by atoms with Crippen LogP contribution in [0.2, 0.25) is 0 Å². The SMILES string of the molecule is O=C1C2CC3CC1CC(C(=O)OC(F)C(F)(F)F)(C3)C2. The van der Waals surface area contributed by atoms with Crippen molar-refractivity contribution in [2.45, 2.75) is 44.6 Å². The van der Waals surface area contributed by atoms with Crippen molar-refractivity contribution in [1.82, 2.24) is 0 Å². The van der Waals surface area contributed by atoms with E-state index in [2.05, 4.69) is 4.74 Å². The fraction of sp³-hybridized carbons (Fsp3) is 0.846. The van der Waals surface area contributed by atoms with E-state index < -0.39 is 23.9 Å². The molecule has 0 heterocycles. The van der Waals surface area contributed by atoms with Gasteiger partial charge in [0.15, 0.2) is 0 Å². The van der Waals surface area contributed by atoms with E-state index in [1.165, 1.54) is 0 Å². The fourth-order valence-electron chi connectivity index (χ4n) is 4.28. The highest BCUT2D eigenvalue weighted by Gasteiger charge is 2.60. The van der Waals surface area contributed by atoms with Gasteiger partial charge in [-0.3, -0.25) is 9.59 Å². The number of alkyl halides is 4. The lowest BCUT2D eigenvalue weighted by Crippen LogP contribution is -2.55. The molecule has 0 spiro atoms. The number of carbonyl (C=O) groups is 2. The lowest BCUT2D eigenvalue weighted by atomic mass is 9.49. The lowest BCUT2D eigenvalue weighted by molar-refractivity contribution is -0.265. The first-order valence-electron chi connectivity index (χ1n) is 6.67. The molecule has 4 bridgehead atoms. The number of hydrogen-bond acceptors (Lipinski definition) is 3. The third-order valence-electron chi connectivity index (χ3n) is 4.89. The number of hydrogen-bond donors (Lipinski definition) is 0. The molecule has 4 saturated carbocycles. The summed E-state index contributed by atoms with van der Waals surface area (Å²) in [5, 5.41) is 0. The third kappa shape index (κ3) is 2.02. The molecule has 0 aliphatic heterocycles. The minimum Gasteiger partial charge on any atom is -0.421 e. The van der Waals surface area contributed by atoms with Crippen molar-refractivity contribution in [2.75, 3.05) is 0 Å². The summed E-state index contributed by atoms with van der Waals surface area (Å²) in [6.07, 6.45) is -6.56. The van der Waals surface area contributed by atoms with Gasteiger partial charge in [0, 0.05) is 11.8 Å². The average molecular weight is 294 g/mol. The molecule has 4 rings (SSSR count). The van der Waals surface area contributed by atoms with Gasteiger partial charge in [0.05, 0.1) is 5.41 Å². The molecular formula is C13H14F4O3. The highest BCUT2D eigenvalue weighted by atomic mass is 19.4. The second-order valence-electron chi connectivity index (χ2n) is 6.29. The summed E-state index contributed by atoms with van der Waals surface area (Å²) in [5.74, 6) is -1.39. The second kappa shape index (κ2) is 4.18. The molecule has 3 unspecified atom stereocenters. The molecule has 0 aromatic rings. The average Bonchev–Trinajstić information content (AvgIpc) is 2.33. The molecule has 4 aliphatic carbocycles. The summed E-state index contributed by atoms with van der Waals surface area (Å²) in [6.45, 7) is 0. The number of Topliss-reactive ketones (excluding diaryl/α,β-unsaturated/α-hetero) is 1. The number of ether oxygens (including phenoxy) is 1. The van der Waals surface area contributed by atoms with E-state index in [0.717, 1.165) is 0 Å². The van der Waals surface area contributed by atoms with Gasteiger partial charge >= 0.3 is 18.5 Å². The highest BCUT2D eigenvalue weighted by molar-refractivity contribution is 5.89. The van der Waals surface area contributed by atoms with Gasteiger partial charge in [-0.05, 0) is 38.0 Å². The predicted octanol–water partition coefficient (Wildman–Crippen LogP) is 2.78. The summed E-state index contributed by atoms with van der Waals surface area (Å²) in [5.41, 5.74) is -1.08. The normalized spacial score (nSPS) is 40.8. The Bertz CT molecular complexity index is 441. The van der Waals surface area contributed by atoms with Gasteiger partial charge in [-0.15, -0.1) is 0 Å². The minimum absolute atomic E-state index is 0.108. The van der Waals surface area contributed by atoms with Crippen molar-refractivity contribution in [3.05, 3.63) is 0 Å².